The summed E-state index contributed by atoms with van der Waals surface area (Å²) in [6, 6.07) is 0. The zero-order valence-electron chi connectivity index (χ0n) is 8.73. The number of rotatable bonds is 7. The van der Waals surface area contributed by atoms with Crippen molar-refractivity contribution in [3.63, 3.8) is 0 Å². The molecule has 0 amide bonds. The number of hydrogen-bond donors (Lipinski definition) is 0. The van der Waals surface area contributed by atoms with Crippen molar-refractivity contribution >= 4 is 0 Å². The lowest BCUT2D eigenvalue weighted by Gasteiger charge is -2.06. The lowest BCUT2D eigenvalue weighted by Crippen LogP contribution is -1.89. The molecule has 0 aliphatic rings. The van der Waals surface area contributed by atoms with Gasteiger partial charge in [0.25, 0.3) is 0 Å². The molecule has 0 N–H and O–H groups in total. The van der Waals surface area contributed by atoms with Crippen molar-refractivity contribution < 1.29 is 0 Å². The van der Waals surface area contributed by atoms with Crippen molar-refractivity contribution in [1.29, 1.82) is 0 Å². The molecule has 0 atom stereocenters. The normalized spacial score (nSPS) is 10.7. The van der Waals surface area contributed by atoms with Gasteiger partial charge in [-0.15, -0.1) is 0 Å². The summed E-state index contributed by atoms with van der Waals surface area (Å²) in [6.07, 6.45) is 7.31. The topological polar surface area (TPSA) is 0 Å². The van der Waals surface area contributed by atoms with Crippen LogP contribution in [0, 0.1) is 12.8 Å². The fourth-order valence-corrected chi connectivity index (χ4v) is 1.26. The fraction of sp³-hybridized carbons (Fsp3) is 0.750. The average molecular weight is 167 g/mol. The molecule has 0 fully saturated rings. The molecule has 0 aromatic carbocycles. The molecule has 12 heavy (non-hydrogen) atoms. The van der Waals surface area contributed by atoms with Gasteiger partial charge in [0.05, 0.1) is 0 Å². The maximum Gasteiger partial charge on any atom is -0.0323 e. The third kappa shape index (κ3) is 7.84. The first-order chi connectivity index (χ1) is 5.66. The molecule has 0 heterocycles. The molecule has 0 saturated carbocycles. The molecule has 0 aromatic heterocycles. The van der Waals surface area contributed by atoms with Crippen LogP contribution in [0.5, 0.6) is 0 Å². The Balaban J connectivity index is 3.20. The molecule has 0 aliphatic carbocycles. The van der Waals surface area contributed by atoms with Gasteiger partial charge in [-0.1, -0.05) is 45.8 Å². The Morgan fingerprint density at radius 3 is 2.25 bits per heavy atom. The molecule has 71 valence electrons. The van der Waals surface area contributed by atoms with Crippen molar-refractivity contribution in [2.75, 3.05) is 0 Å². The minimum atomic E-state index is 0.839. The maximum atomic E-state index is 4.06. The predicted molar refractivity (Wildman–Crippen MR) is 57.0 cm³/mol. The van der Waals surface area contributed by atoms with Crippen molar-refractivity contribution in [3.8, 4) is 0 Å². The zero-order valence-corrected chi connectivity index (χ0v) is 8.73. The van der Waals surface area contributed by atoms with E-state index in [2.05, 4.69) is 27.4 Å². The van der Waals surface area contributed by atoms with Crippen LogP contribution < -0.4 is 0 Å². The van der Waals surface area contributed by atoms with Crippen LogP contribution in [0.4, 0.5) is 0 Å². The molecular weight excluding hydrogens is 144 g/mol. The van der Waals surface area contributed by atoms with E-state index in [9.17, 15) is 0 Å². The highest BCUT2D eigenvalue weighted by Crippen LogP contribution is 2.14. The Kier molecular flexibility index (Phi) is 7.23. The van der Waals surface area contributed by atoms with Crippen LogP contribution in [0.1, 0.15) is 52.4 Å². The van der Waals surface area contributed by atoms with Crippen LogP contribution in [0.2, 0.25) is 0 Å². The second-order valence-corrected chi connectivity index (χ2v) is 3.99. The smallest absolute Gasteiger partial charge is 0.0323 e. The molecular formula is C12H23. The minimum Gasteiger partial charge on any atom is -0.0999 e. The standard InChI is InChI=1S/C12H23/c1-5-6-9-12(4)10-7-8-11(2)3/h11H,1,4-10H2,2-3H3. The third-order valence-electron chi connectivity index (χ3n) is 2.09. The molecule has 0 aromatic rings. The molecule has 0 heteroatoms. The van der Waals surface area contributed by atoms with Crippen LogP contribution in [0.15, 0.2) is 12.2 Å². The van der Waals surface area contributed by atoms with Crippen molar-refractivity contribution in [3.05, 3.63) is 19.1 Å². The maximum absolute atomic E-state index is 4.06. The summed E-state index contributed by atoms with van der Waals surface area (Å²) >= 11 is 0. The van der Waals surface area contributed by atoms with E-state index >= 15 is 0 Å². The van der Waals surface area contributed by atoms with E-state index in [1.807, 2.05) is 0 Å². The van der Waals surface area contributed by atoms with E-state index in [4.69, 9.17) is 0 Å². The van der Waals surface area contributed by atoms with Gasteiger partial charge < -0.3 is 0 Å². The fourth-order valence-electron chi connectivity index (χ4n) is 1.26. The van der Waals surface area contributed by atoms with Crippen LogP contribution >= 0.6 is 0 Å². The number of hydrogen-bond acceptors (Lipinski definition) is 0. The summed E-state index contributed by atoms with van der Waals surface area (Å²) in [5.41, 5.74) is 1.42. The van der Waals surface area contributed by atoms with Gasteiger partial charge in [-0.25, -0.2) is 0 Å². The molecule has 0 nitrogen and oxygen atoms in total. The largest absolute Gasteiger partial charge is 0.0999 e. The van der Waals surface area contributed by atoms with E-state index < -0.39 is 0 Å². The van der Waals surface area contributed by atoms with Crippen LogP contribution in [-0.2, 0) is 0 Å². The van der Waals surface area contributed by atoms with E-state index in [0.29, 0.717) is 0 Å². The summed E-state index contributed by atoms with van der Waals surface area (Å²) in [7, 11) is 0. The van der Waals surface area contributed by atoms with Gasteiger partial charge in [0, 0.05) is 0 Å². The monoisotopic (exact) mass is 167 g/mol. The summed E-state index contributed by atoms with van der Waals surface area (Å²) < 4.78 is 0. The lowest BCUT2D eigenvalue weighted by molar-refractivity contribution is 0.550. The Bertz CT molecular complexity index is 111. The van der Waals surface area contributed by atoms with E-state index in [0.717, 1.165) is 12.3 Å². The van der Waals surface area contributed by atoms with Crippen molar-refractivity contribution in [1.82, 2.24) is 0 Å². The number of unbranched alkanes of at least 4 members (excludes halogenated alkanes) is 1. The Morgan fingerprint density at radius 1 is 1.17 bits per heavy atom. The molecule has 0 rings (SSSR count). The van der Waals surface area contributed by atoms with E-state index in [1.54, 1.807) is 0 Å². The predicted octanol–water partition coefficient (Wildman–Crippen LogP) is 4.37. The molecule has 0 unspecified atom stereocenters. The van der Waals surface area contributed by atoms with Crippen LogP contribution in [-0.4, -0.2) is 0 Å². The van der Waals surface area contributed by atoms with Gasteiger partial charge >= 0.3 is 0 Å². The first-order valence-corrected chi connectivity index (χ1v) is 5.12. The van der Waals surface area contributed by atoms with E-state index in [-0.39, 0.29) is 0 Å². The summed E-state index contributed by atoms with van der Waals surface area (Å²) in [4.78, 5) is 0. The zero-order chi connectivity index (χ0) is 9.40. The third-order valence-corrected chi connectivity index (χ3v) is 2.09. The highest BCUT2D eigenvalue weighted by atomic mass is 14.0. The SMILES string of the molecule is [CH2]CCCC(=C)CCCC(C)C. The van der Waals surface area contributed by atoms with Gasteiger partial charge in [0.1, 0.15) is 0 Å². The van der Waals surface area contributed by atoms with Crippen LogP contribution in [0.3, 0.4) is 0 Å². The molecule has 0 bridgehead atoms. The number of allylic oxidation sites excluding steroid dienone is 1. The Labute approximate surface area is 78.1 Å². The second kappa shape index (κ2) is 7.39. The molecule has 1 radical (unpaired) electrons. The summed E-state index contributed by atoms with van der Waals surface area (Å²) in [5, 5.41) is 0. The van der Waals surface area contributed by atoms with Crippen LogP contribution in [0.25, 0.3) is 0 Å². The van der Waals surface area contributed by atoms with Gasteiger partial charge in [-0.2, -0.15) is 0 Å². The minimum absolute atomic E-state index is 0.839. The molecule has 0 aliphatic heterocycles. The first-order valence-electron chi connectivity index (χ1n) is 5.12. The molecule has 0 saturated heterocycles. The van der Waals surface area contributed by atoms with Crippen molar-refractivity contribution in [2.24, 2.45) is 5.92 Å². The highest BCUT2D eigenvalue weighted by molar-refractivity contribution is 4.93. The summed E-state index contributed by atoms with van der Waals surface area (Å²) in [5.74, 6) is 0.839. The molecule has 0 spiro atoms. The van der Waals surface area contributed by atoms with Gasteiger partial charge in [-0.05, 0) is 31.6 Å². The Morgan fingerprint density at radius 2 is 1.75 bits per heavy atom. The van der Waals surface area contributed by atoms with Gasteiger partial charge in [0.15, 0.2) is 0 Å². The van der Waals surface area contributed by atoms with Crippen molar-refractivity contribution in [2.45, 2.75) is 52.4 Å². The quantitative estimate of drug-likeness (QED) is 0.494. The highest BCUT2D eigenvalue weighted by Gasteiger charge is 1.96. The first kappa shape index (κ1) is 11.7. The average Bonchev–Trinajstić information content (AvgIpc) is 2.00. The lowest BCUT2D eigenvalue weighted by atomic mass is 10.0. The Hall–Kier alpha value is -0.260. The second-order valence-electron chi connectivity index (χ2n) is 3.99. The van der Waals surface area contributed by atoms with Gasteiger partial charge in [0.2, 0.25) is 0 Å². The van der Waals surface area contributed by atoms with E-state index in [1.165, 1.54) is 37.7 Å². The summed E-state index contributed by atoms with van der Waals surface area (Å²) in [6.45, 7) is 12.4. The van der Waals surface area contributed by atoms with Gasteiger partial charge in [-0.3, -0.25) is 0 Å².